The molecule has 0 bridgehead atoms. The molecule has 1 saturated heterocycles. The Bertz CT molecular complexity index is 1000. The number of aromatic nitrogens is 1. The van der Waals surface area contributed by atoms with Crippen molar-refractivity contribution in [1.29, 1.82) is 0 Å². The quantitative estimate of drug-likeness (QED) is 0.216. The van der Waals surface area contributed by atoms with Gasteiger partial charge in [-0.2, -0.15) is 0 Å². The molecule has 0 spiro atoms. The maximum absolute atomic E-state index is 13.2. The van der Waals surface area contributed by atoms with Crippen LogP contribution in [0.15, 0.2) is 54.4 Å². The van der Waals surface area contributed by atoms with Crippen LogP contribution in [0.1, 0.15) is 57.2 Å². The van der Waals surface area contributed by atoms with Crippen LogP contribution < -0.4 is 4.74 Å². The topological polar surface area (TPSA) is 83.0 Å². The van der Waals surface area contributed by atoms with E-state index in [0.29, 0.717) is 24.5 Å². The average molecular weight is 466 g/mol. The number of aliphatic hydroxyl groups is 1. The maximum Gasteiger partial charge on any atom is 0.295 e. The summed E-state index contributed by atoms with van der Waals surface area (Å²) in [6, 6.07) is 10.0. The number of nitrogens with zero attached hydrogens (tertiary/aromatic N) is 3. The number of amides is 1. The summed E-state index contributed by atoms with van der Waals surface area (Å²) in [7, 11) is 0. The third-order valence-corrected chi connectivity index (χ3v) is 6.20. The second-order valence-electron chi connectivity index (χ2n) is 8.38. The van der Waals surface area contributed by atoms with E-state index in [1.165, 1.54) is 0 Å². The number of Topliss-reactive ketones (excluding diaryl/α,β-unsaturated/α-hetero) is 1. The number of aliphatic hydroxyl groups excluding tert-OH is 1. The second kappa shape index (κ2) is 12.3. The van der Waals surface area contributed by atoms with Gasteiger partial charge in [-0.3, -0.25) is 14.6 Å². The van der Waals surface area contributed by atoms with E-state index in [1.807, 2.05) is 24.3 Å². The van der Waals surface area contributed by atoms with Crippen molar-refractivity contribution in [1.82, 2.24) is 14.8 Å². The first-order valence-electron chi connectivity index (χ1n) is 12.2. The Morgan fingerprint density at radius 2 is 1.82 bits per heavy atom. The molecule has 7 nitrogen and oxygen atoms in total. The van der Waals surface area contributed by atoms with E-state index in [0.717, 1.165) is 44.5 Å². The Labute approximate surface area is 202 Å². The Kier molecular flexibility index (Phi) is 9.22. The number of rotatable bonds is 12. The molecule has 1 aliphatic rings. The summed E-state index contributed by atoms with van der Waals surface area (Å²) in [5.74, 6) is -0.755. The van der Waals surface area contributed by atoms with E-state index in [2.05, 4.69) is 30.7 Å². The molecule has 0 aliphatic carbocycles. The van der Waals surface area contributed by atoms with Crippen LogP contribution in [0.5, 0.6) is 5.75 Å². The van der Waals surface area contributed by atoms with Crippen molar-refractivity contribution in [3.05, 3.63) is 65.5 Å². The molecule has 1 atom stereocenters. The molecule has 3 rings (SSSR count). The summed E-state index contributed by atoms with van der Waals surface area (Å²) in [6.45, 7) is 10.0. The fraction of sp³-hybridized carbons (Fsp3) is 0.444. The number of ketones is 1. The molecule has 1 unspecified atom stereocenters. The lowest BCUT2D eigenvalue weighted by molar-refractivity contribution is -0.140. The third-order valence-electron chi connectivity index (χ3n) is 6.20. The van der Waals surface area contributed by atoms with Gasteiger partial charge in [0, 0.05) is 24.5 Å². The highest BCUT2D eigenvalue weighted by Gasteiger charge is 2.45. The largest absolute Gasteiger partial charge is 0.507 e. The van der Waals surface area contributed by atoms with Crippen molar-refractivity contribution in [3.8, 4) is 5.75 Å². The van der Waals surface area contributed by atoms with E-state index >= 15 is 0 Å². The van der Waals surface area contributed by atoms with E-state index in [4.69, 9.17) is 4.74 Å². The summed E-state index contributed by atoms with van der Waals surface area (Å²) >= 11 is 0. The fourth-order valence-corrected chi connectivity index (χ4v) is 4.24. The first-order chi connectivity index (χ1) is 16.5. The molecule has 1 amide bonds. The Balaban J connectivity index is 1.99. The minimum absolute atomic E-state index is 0.102. The standard InChI is InChI=1S/C27H35N3O4/c1-4-7-18-34-22-11-8-10-21(19-22)24-23(25(31)20-12-14-28-15-13-20)26(32)27(33)30(24)17-9-16-29(5-2)6-3/h8,10-15,19,24,31H,4-7,9,16-18H2,1-3H3/b25-23+. The smallest absolute Gasteiger partial charge is 0.295 e. The third kappa shape index (κ3) is 5.83. The van der Waals surface area contributed by atoms with E-state index in [-0.39, 0.29) is 11.3 Å². The molecule has 2 heterocycles. The molecule has 1 aromatic heterocycles. The number of carbonyl (C=O) groups is 2. The number of carbonyl (C=O) groups excluding carboxylic acids is 2. The van der Waals surface area contributed by atoms with E-state index < -0.39 is 17.7 Å². The summed E-state index contributed by atoms with van der Waals surface area (Å²) in [5.41, 5.74) is 1.30. The monoisotopic (exact) mass is 465 g/mol. The summed E-state index contributed by atoms with van der Waals surface area (Å²) in [6.07, 6.45) is 5.79. The Morgan fingerprint density at radius 1 is 1.09 bits per heavy atom. The van der Waals surface area contributed by atoms with Crippen molar-refractivity contribution in [2.75, 3.05) is 32.8 Å². The van der Waals surface area contributed by atoms with Crippen LogP contribution in [0, 0.1) is 0 Å². The lowest BCUT2D eigenvalue weighted by Crippen LogP contribution is -2.33. The number of likely N-dealkylation sites (tertiary alicyclic amines) is 1. The molecular weight excluding hydrogens is 430 g/mol. The van der Waals surface area contributed by atoms with Crippen LogP contribution in [0.25, 0.3) is 5.76 Å². The molecule has 1 N–H and O–H groups in total. The van der Waals surface area contributed by atoms with Crippen molar-refractivity contribution in [3.63, 3.8) is 0 Å². The predicted octanol–water partition coefficient (Wildman–Crippen LogP) is 4.41. The molecule has 1 aliphatic heterocycles. The Hall–Kier alpha value is -3.19. The molecule has 0 saturated carbocycles. The molecule has 1 aromatic carbocycles. The molecule has 2 aromatic rings. The van der Waals surface area contributed by atoms with E-state index in [9.17, 15) is 14.7 Å². The lowest BCUT2D eigenvalue weighted by Gasteiger charge is -2.27. The molecule has 1 fully saturated rings. The van der Waals surface area contributed by atoms with Crippen LogP contribution in [0.4, 0.5) is 0 Å². The van der Waals surface area contributed by atoms with Crippen LogP contribution in [-0.4, -0.2) is 64.4 Å². The van der Waals surface area contributed by atoms with Crippen molar-refractivity contribution in [2.24, 2.45) is 0 Å². The summed E-state index contributed by atoms with van der Waals surface area (Å²) in [4.78, 5) is 34.1. The highest BCUT2D eigenvalue weighted by atomic mass is 16.5. The van der Waals surface area contributed by atoms with Gasteiger partial charge in [0.2, 0.25) is 0 Å². The van der Waals surface area contributed by atoms with Gasteiger partial charge in [-0.1, -0.05) is 39.3 Å². The SMILES string of the molecule is CCCCOc1cccc(C2/C(=C(\O)c3ccncc3)C(=O)C(=O)N2CCCN(CC)CC)c1. The van der Waals surface area contributed by atoms with Gasteiger partial charge in [-0.25, -0.2) is 0 Å². The van der Waals surface area contributed by atoms with Gasteiger partial charge in [-0.05, 0) is 62.3 Å². The molecule has 34 heavy (non-hydrogen) atoms. The van der Waals surface area contributed by atoms with Gasteiger partial charge in [0.05, 0.1) is 18.2 Å². The van der Waals surface area contributed by atoms with Gasteiger partial charge >= 0.3 is 0 Å². The highest BCUT2D eigenvalue weighted by molar-refractivity contribution is 6.46. The lowest BCUT2D eigenvalue weighted by atomic mass is 9.95. The minimum Gasteiger partial charge on any atom is -0.507 e. The van der Waals surface area contributed by atoms with Crippen LogP contribution >= 0.6 is 0 Å². The first kappa shape index (κ1) is 25.4. The molecular formula is C27H35N3O4. The summed E-state index contributed by atoms with van der Waals surface area (Å²) < 4.78 is 5.88. The number of unbranched alkanes of at least 4 members (excludes halogenated alkanes) is 1. The molecule has 7 heteroatoms. The molecule has 0 radical (unpaired) electrons. The van der Waals surface area contributed by atoms with Crippen LogP contribution in [0.3, 0.4) is 0 Å². The number of hydrogen-bond acceptors (Lipinski definition) is 6. The zero-order valence-electron chi connectivity index (χ0n) is 20.4. The number of hydrogen-bond donors (Lipinski definition) is 1. The second-order valence-corrected chi connectivity index (χ2v) is 8.38. The van der Waals surface area contributed by atoms with Crippen molar-refractivity contribution >= 4 is 17.4 Å². The predicted molar refractivity (Wildman–Crippen MR) is 132 cm³/mol. The van der Waals surface area contributed by atoms with Crippen LogP contribution in [-0.2, 0) is 9.59 Å². The van der Waals surface area contributed by atoms with Crippen LogP contribution in [0.2, 0.25) is 0 Å². The van der Waals surface area contributed by atoms with Crippen molar-refractivity contribution < 1.29 is 19.4 Å². The van der Waals surface area contributed by atoms with Gasteiger partial charge in [0.1, 0.15) is 11.5 Å². The minimum atomic E-state index is -0.681. The summed E-state index contributed by atoms with van der Waals surface area (Å²) in [5, 5.41) is 11.1. The molecule has 182 valence electrons. The van der Waals surface area contributed by atoms with Gasteiger partial charge in [-0.15, -0.1) is 0 Å². The van der Waals surface area contributed by atoms with Gasteiger partial charge in [0.25, 0.3) is 11.7 Å². The van der Waals surface area contributed by atoms with Gasteiger partial charge in [0.15, 0.2) is 0 Å². The van der Waals surface area contributed by atoms with E-state index in [1.54, 1.807) is 29.4 Å². The zero-order valence-corrected chi connectivity index (χ0v) is 20.4. The average Bonchev–Trinajstić information content (AvgIpc) is 3.12. The first-order valence-corrected chi connectivity index (χ1v) is 12.2. The van der Waals surface area contributed by atoms with Crippen molar-refractivity contribution in [2.45, 2.75) is 46.1 Å². The number of benzene rings is 1. The number of ether oxygens (including phenoxy) is 1. The van der Waals surface area contributed by atoms with Gasteiger partial charge < -0.3 is 19.6 Å². The maximum atomic E-state index is 13.2. The normalized spacial score (nSPS) is 17.5. The zero-order chi connectivity index (χ0) is 24.5. The fourth-order valence-electron chi connectivity index (χ4n) is 4.24. The Morgan fingerprint density at radius 3 is 2.50 bits per heavy atom. The number of pyridine rings is 1. The highest BCUT2D eigenvalue weighted by Crippen LogP contribution is 2.40.